The van der Waals surface area contributed by atoms with Crippen LogP contribution >= 0.6 is 0 Å². The minimum absolute atomic E-state index is 0.613. The Morgan fingerprint density at radius 3 is 1.39 bits per heavy atom. The zero-order valence-electron chi connectivity index (χ0n) is 18.8. The summed E-state index contributed by atoms with van der Waals surface area (Å²) in [5, 5.41) is 13.6. The molecule has 0 amide bonds. The predicted molar refractivity (Wildman–Crippen MR) is 131 cm³/mol. The molecule has 0 aliphatic rings. The molecule has 0 saturated heterocycles. The fraction of sp³-hybridized carbons (Fsp3) is 0.143. The van der Waals surface area contributed by atoms with Crippen LogP contribution in [0, 0.1) is 24.0 Å². The van der Waals surface area contributed by atoms with E-state index in [1.165, 1.54) is 44.5 Å². The van der Waals surface area contributed by atoms with Crippen molar-refractivity contribution in [1.82, 2.24) is 0 Å². The lowest BCUT2D eigenvalue weighted by molar-refractivity contribution is -0.742. The van der Waals surface area contributed by atoms with Gasteiger partial charge in [0.15, 0.2) is 0 Å². The lowest BCUT2D eigenvalue weighted by Crippen LogP contribution is -2.00. The average molecular weight is 442 g/mol. The van der Waals surface area contributed by atoms with Crippen LogP contribution in [0.2, 0.25) is 0 Å². The average Bonchev–Trinajstić information content (AvgIpc) is 2.82. The third kappa shape index (κ3) is 6.51. The maximum atomic E-state index is 8.36. The molecule has 0 aliphatic carbocycles. The molecule has 0 saturated carbocycles. The first-order chi connectivity index (χ1) is 16.0. The van der Waals surface area contributed by atoms with Gasteiger partial charge >= 0.3 is 0 Å². The molecule has 0 bridgehead atoms. The van der Waals surface area contributed by atoms with Gasteiger partial charge in [-0.3, -0.25) is 0 Å². The summed E-state index contributed by atoms with van der Waals surface area (Å²) < 4.78 is 6.15. The van der Waals surface area contributed by atoms with Gasteiger partial charge in [-0.25, -0.2) is 0 Å². The SMILES string of the molecule is Cc1c(COCc2cccc(-c3ccccc3)c2C)cccc1-c1ccccc1.O=[N+]([O-])O. The molecular weight excluding hydrogens is 414 g/mol. The quantitative estimate of drug-likeness (QED) is 0.258. The van der Waals surface area contributed by atoms with E-state index in [0.29, 0.717) is 13.2 Å². The zero-order chi connectivity index (χ0) is 23.6. The highest BCUT2D eigenvalue weighted by molar-refractivity contribution is 5.69. The fourth-order valence-electron chi connectivity index (χ4n) is 3.81. The van der Waals surface area contributed by atoms with Crippen LogP contribution < -0.4 is 0 Å². The highest BCUT2D eigenvalue weighted by Crippen LogP contribution is 2.28. The van der Waals surface area contributed by atoms with Gasteiger partial charge in [-0.05, 0) is 58.4 Å². The number of benzene rings is 4. The van der Waals surface area contributed by atoms with Crippen LogP contribution in [-0.4, -0.2) is 10.3 Å². The monoisotopic (exact) mass is 441 g/mol. The van der Waals surface area contributed by atoms with Gasteiger partial charge in [-0.1, -0.05) is 97.1 Å². The Morgan fingerprint density at radius 2 is 1.03 bits per heavy atom. The van der Waals surface area contributed by atoms with E-state index in [9.17, 15) is 0 Å². The second kappa shape index (κ2) is 11.6. The standard InChI is InChI=1S/C28H26O.HNO3/c1-21-25(15-9-17-27(21)23-11-5-3-6-12-23)19-29-20-26-16-10-18-28(22(26)2)24-13-7-4-8-14-24;2-1(3)4/h3-18H,19-20H2,1-2H3;(H,2,3,4). The normalized spacial score (nSPS) is 10.2. The summed E-state index contributed by atoms with van der Waals surface area (Å²) in [7, 11) is 0. The molecule has 4 aromatic carbocycles. The summed E-state index contributed by atoms with van der Waals surface area (Å²) in [6, 6.07) is 34.0. The molecular formula is C28H27NO4. The summed E-state index contributed by atoms with van der Waals surface area (Å²) in [4.78, 5) is 8.36. The number of hydrogen-bond donors (Lipinski definition) is 1. The minimum atomic E-state index is -1.50. The van der Waals surface area contributed by atoms with Crippen molar-refractivity contribution in [1.29, 1.82) is 0 Å². The smallest absolute Gasteiger partial charge is 0.291 e. The zero-order valence-corrected chi connectivity index (χ0v) is 18.8. The highest BCUT2D eigenvalue weighted by Gasteiger charge is 2.08. The van der Waals surface area contributed by atoms with Crippen molar-refractivity contribution >= 4 is 0 Å². The summed E-state index contributed by atoms with van der Waals surface area (Å²) in [5.41, 5.74) is 10.1. The Kier molecular flexibility index (Phi) is 8.33. The molecule has 1 N–H and O–H groups in total. The van der Waals surface area contributed by atoms with E-state index < -0.39 is 5.09 Å². The van der Waals surface area contributed by atoms with Crippen LogP contribution in [0.15, 0.2) is 97.1 Å². The van der Waals surface area contributed by atoms with Crippen molar-refractivity contribution < 1.29 is 15.0 Å². The second-order valence-corrected chi connectivity index (χ2v) is 7.64. The molecule has 0 spiro atoms. The molecule has 5 nitrogen and oxygen atoms in total. The minimum Gasteiger partial charge on any atom is -0.372 e. The molecule has 168 valence electrons. The first-order valence-corrected chi connectivity index (χ1v) is 10.7. The maximum Gasteiger partial charge on any atom is 0.291 e. The van der Waals surface area contributed by atoms with Crippen LogP contribution in [-0.2, 0) is 18.0 Å². The summed E-state index contributed by atoms with van der Waals surface area (Å²) in [6.45, 7) is 5.59. The molecule has 0 radical (unpaired) electrons. The van der Waals surface area contributed by atoms with E-state index in [1.54, 1.807) is 0 Å². The van der Waals surface area contributed by atoms with Crippen LogP contribution in [0.25, 0.3) is 22.3 Å². The first kappa shape index (κ1) is 23.7. The van der Waals surface area contributed by atoms with Crippen molar-refractivity contribution in [3.05, 3.63) is 129 Å². The largest absolute Gasteiger partial charge is 0.372 e. The molecule has 0 heterocycles. The number of ether oxygens (including phenoxy) is 1. The molecule has 5 heteroatoms. The van der Waals surface area contributed by atoms with Crippen molar-refractivity contribution in [2.24, 2.45) is 0 Å². The van der Waals surface area contributed by atoms with Gasteiger partial charge in [0, 0.05) is 0 Å². The van der Waals surface area contributed by atoms with Gasteiger partial charge in [0.05, 0.1) is 13.2 Å². The van der Waals surface area contributed by atoms with E-state index in [2.05, 4.69) is 111 Å². The van der Waals surface area contributed by atoms with Crippen LogP contribution in [0.5, 0.6) is 0 Å². The third-order valence-corrected chi connectivity index (χ3v) is 5.58. The molecule has 4 rings (SSSR count). The molecule has 0 aromatic heterocycles. The fourth-order valence-corrected chi connectivity index (χ4v) is 3.81. The van der Waals surface area contributed by atoms with E-state index in [4.69, 9.17) is 20.1 Å². The van der Waals surface area contributed by atoms with E-state index in [1.807, 2.05) is 0 Å². The molecule has 33 heavy (non-hydrogen) atoms. The Morgan fingerprint density at radius 1 is 0.667 bits per heavy atom. The molecule has 0 fully saturated rings. The van der Waals surface area contributed by atoms with Crippen LogP contribution in [0.3, 0.4) is 0 Å². The van der Waals surface area contributed by atoms with Gasteiger partial charge in [-0.2, -0.15) is 0 Å². The predicted octanol–water partition coefficient (Wildman–Crippen LogP) is 7.01. The molecule has 0 aliphatic heterocycles. The van der Waals surface area contributed by atoms with Gasteiger partial charge in [-0.15, -0.1) is 10.1 Å². The highest BCUT2D eigenvalue weighted by atomic mass is 16.9. The lowest BCUT2D eigenvalue weighted by atomic mass is 9.96. The van der Waals surface area contributed by atoms with Crippen molar-refractivity contribution in [2.75, 3.05) is 0 Å². The van der Waals surface area contributed by atoms with Crippen molar-refractivity contribution in [3.63, 3.8) is 0 Å². The molecule has 0 atom stereocenters. The number of nitrogens with zero attached hydrogens (tertiary/aromatic N) is 1. The van der Waals surface area contributed by atoms with E-state index in [-0.39, 0.29) is 0 Å². The molecule has 0 unspecified atom stereocenters. The van der Waals surface area contributed by atoms with E-state index in [0.717, 1.165) is 0 Å². The molecule has 4 aromatic rings. The van der Waals surface area contributed by atoms with Gasteiger partial charge in [0.25, 0.3) is 5.09 Å². The third-order valence-electron chi connectivity index (χ3n) is 5.58. The number of rotatable bonds is 6. The van der Waals surface area contributed by atoms with E-state index >= 15 is 0 Å². The van der Waals surface area contributed by atoms with Crippen molar-refractivity contribution in [2.45, 2.75) is 27.1 Å². The summed E-state index contributed by atoms with van der Waals surface area (Å²) >= 11 is 0. The topological polar surface area (TPSA) is 72.6 Å². The lowest BCUT2D eigenvalue weighted by Gasteiger charge is -2.14. The van der Waals surface area contributed by atoms with Crippen LogP contribution in [0.4, 0.5) is 0 Å². The second-order valence-electron chi connectivity index (χ2n) is 7.64. The Balaban J connectivity index is 0.000000709. The van der Waals surface area contributed by atoms with Crippen molar-refractivity contribution in [3.8, 4) is 22.3 Å². The summed E-state index contributed by atoms with van der Waals surface area (Å²) in [5.74, 6) is 0. The maximum absolute atomic E-state index is 8.36. The number of hydrogen-bond acceptors (Lipinski definition) is 3. The first-order valence-electron chi connectivity index (χ1n) is 10.7. The van der Waals surface area contributed by atoms with Gasteiger partial charge in [0.1, 0.15) is 0 Å². The van der Waals surface area contributed by atoms with Gasteiger partial charge in [0.2, 0.25) is 0 Å². The Labute approximate surface area is 194 Å². The van der Waals surface area contributed by atoms with Gasteiger partial charge < -0.3 is 9.94 Å². The van der Waals surface area contributed by atoms with Crippen LogP contribution in [0.1, 0.15) is 22.3 Å². The summed E-state index contributed by atoms with van der Waals surface area (Å²) in [6.07, 6.45) is 0. The Bertz CT molecular complexity index is 1100. The Hall–Kier alpha value is -3.96.